The van der Waals surface area contributed by atoms with Gasteiger partial charge in [-0.1, -0.05) is 33.6 Å². The van der Waals surface area contributed by atoms with Crippen LogP contribution in [0.3, 0.4) is 0 Å². The Kier molecular flexibility index (Phi) is 4.36. The molecular formula is C17H30N2O2. The summed E-state index contributed by atoms with van der Waals surface area (Å²) in [4.78, 5) is 27.2. The molecule has 2 amide bonds. The van der Waals surface area contributed by atoms with E-state index in [0.717, 1.165) is 13.0 Å². The predicted octanol–water partition coefficient (Wildman–Crippen LogP) is 2.72. The monoisotopic (exact) mass is 294 g/mol. The molecule has 0 aromatic rings. The van der Waals surface area contributed by atoms with E-state index in [2.05, 4.69) is 12.2 Å². The van der Waals surface area contributed by atoms with E-state index in [4.69, 9.17) is 0 Å². The first-order chi connectivity index (χ1) is 9.72. The van der Waals surface area contributed by atoms with Gasteiger partial charge in [-0.15, -0.1) is 0 Å². The van der Waals surface area contributed by atoms with Gasteiger partial charge in [0.25, 0.3) is 0 Å². The van der Waals surface area contributed by atoms with Gasteiger partial charge in [-0.3, -0.25) is 9.59 Å². The quantitative estimate of drug-likeness (QED) is 0.866. The molecule has 1 heterocycles. The number of hydrogen-bond donors (Lipinski definition) is 1. The fourth-order valence-corrected chi connectivity index (χ4v) is 4.00. The molecule has 21 heavy (non-hydrogen) atoms. The Bertz CT molecular complexity index is 423. The Morgan fingerprint density at radius 1 is 1.24 bits per heavy atom. The molecule has 0 aromatic carbocycles. The molecule has 1 aliphatic heterocycles. The molecular weight excluding hydrogens is 264 g/mol. The van der Waals surface area contributed by atoms with E-state index < -0.39 is 5.54 Å². The van der Waals surface area contributed by atoms with Crippen molar-refractivity contribution >= 4 is 11.8 Å². The zero-order valence-electron chi connectivity index (χ0n) is 14.2. The normalized spacial score (nSPS) is 28.1. The van der Waals surface area contributed by atoms with Crippen LogP contribution in [0.4, 0.5) is 0 Å². The Hall–Kier alpha value is -1.06. The predicted molar refractivity (Wildman–Crippen MR) is 83.8 cm³/mol. The van der Waals surface area contributed by atoms with Crippen molar-refractivity contribution in [2.24, 2.45) is 11.3 Å². The van der Waals surface area contributed by atoms with Crippen molar-refractivity contribution in [3.63, 3.8) is 0 Å². The van der Waals surface area contributed by atoms with Gasteiger partial charge in [0.05, 0.1) is 0 Å². The molecule has 1 saturated carbocycles. The van der Waals surface area contributed by atoms with Crippen molar-refractivity contribution in [1.82, 2.24) is 10.2 Å². The highest BCUT2D eigenvalue weighted by Crippen LogP contribution is 2.43. The average molecular weight is 294 g/mol. The molecule has 4 heteroatoms. The minimum absolute atomic E-state index is 0.00106. The van der Waals surface area contributed by atoms with Crippen LogP contribution in [0.5, 0.6) is 0 Å². The van der Waals surface area contributed by atoms with Crippen LogP contribution in [0.2, 0.25) is 0 Å². The topological polar surface area (TPSA) is 49.4 Å². The third-order valence-electron chi connectivity index (χ3n) is 5.39. The third-order valence-corrected chi connectivity index (χ3v) is 5.39. The van der Waals surface area contributed by atoms with Crippen molar-refractivity contribution < 1.29 is 9.59 Å². The molecule has 2 rings (SSSR count). The second kappa shape index (κ2) is 5.62. The van der Waals surface area contributed by atoms with Gasteiger partial charge in [-0.2, -0.15) is 0 Å². The van der Waals surface area contributed by atoms with Crippen LogP contribution >= 0.6 is 0 Å². The van der Waals surface area contributed by atoms with E-state index >= 15 is 0 Å². The number of amides is 2. The molecule has 1 atom stereocenters. The standard InChI is InChI=1S/C17H30N2O2/c1-6-17(9-7-8-10-17)11-19-13(12(2)3)14(20)18-16(4,5)15(19)21/h12-13H,6-11H2,1-5H3,(H,18,20). The van der Waals surface area contributed by atoms with Crippen LogP contribution in [0.25, 0.3) is 0 Å². The van der Waals surface area contributed by atoms with E-state index in [1.807, 2.05) is 32.6 Å². The maximum atomic E-state index is 12.9. The summed E-state index contributed by atoms with van der Waals surface area (Å²) in [6.45, 7) is 10.6. The maximum absolute atomic E-state index is 12.9. The van der Waals surface area contributed by atoms with Crippen molar-refractivity contribution in [3.05, 3.63) is 0 Å². The number of nitrogens with zero attached hydrogens (tertiary/aromatic N) is 1. The molecule has 0 aromatic heterocycles. The molecule has 1 saturated heterocycles. The fourth-order valence-electron chi connectivity index (χ4n) is 4.00. The summed E-state index contributed by atoms with van der Waals surface area (Å²) in [5, 5.41) is 2.89. The number of nitrogens with one attached hydrogen (secondary N) is 1. The number of carbonyl (C=O) groups is 2. The number of carbonyl (C=O) groups excluding carboxylic acids is 2. The molecule has 1 unspecified atom stereocenters. The first-order valence-electron chi connectivity index (χ1n) is 8.35. The van der Waals surface area contributed by atoms with Crippen LogP contribution < -0.4 is 5.32 Å². The molecule has 0 bridgehead atoms. The Morgan fingerprint density at radius 2 is 1.81 bits per heavy atom. The largest absolute Gasteiger partial charge is 0.340 e. The first kappa shape index (κ1) is 16.3. The van der Waals surface area contributed by atoms with Gasteiger partial charge in [0.1, 0.15) is 11.6 Å². The highest BCUT2D eigenvalue weighted by Gasteiger charge is 2.48. The number of piperazine rings is 1. The van der Waals surface area contributed by atoms with E-state index in [1.165, 1.54) is 25.7 Å². The SMILES string of the molecule is CCC1(CN2C(=O)C(C)(C)NC(=O)C2C(C)C)CCCC1. The molecule has 0 spiro atoms. The van der Waals surface area contributed by atoms with E-state index in [0.29, 0.717) is 0 Å². The molecule has 2 fully saturated rings. The Balaban J connectivity index is 2.30. The second-order valence-electron chi connectivity index (χ2n) is 7.80. The van der Waals surface area contributed by atoms with Gasteiger partial charge in [0.2, 0.25) is 11.8 Å². The van der Waals surface area contributed by atoms with E-state index in [-0.39, 0.29) is 29.2 Å². The van der Waals surface area contributed by atoms with Crippen molar-refractivity contribution in [2.45, 2.75) is 78.3 Å². The van der Waals surface area contributed by atoms with E-state index in [1.54, 1.807) is 0 Å². The van der Waals surface area contributed by atoms with Crippen LogP contribution in [0.1, 0.15) is 66.7 Å². The fraction of sp³-hybridized carbons (Fsp3) is 0.882. The maximum Gasteiger partial charge on any atom is 0.248 e. The highest BCUT2D eigenvalue weighted by molar-refractivity contribution is 5.99. The summed E-state index contributed by atoms with van der Waals surface area (Å²) in [7, 11) is 0. The van der Waals surface area contributed by atoms with Crippen LogP contribution in [-0.4, -0.2) is 34.8 Å². The van der Waals surface area contributed by atoms with Gasteiger partial charge < -0.3 is 10.2 Å². The van der Waals surface area contributed by atoms with Crippen LogP contribution in [0.15, 0.2) is 0 Å². The van der Waals surface area contributed by atoms with Crippen molar-refractivity contribution in [3.8, 4) is 0 Å². The summed E-state index contributed by atoms with van der Waals surface area (Å²) in [6, 6.07) is -0.324. The molecule has 120 valence electrons. The summed E-state index contributed by atoms with van der Waals surface area (Å²) < 4.78 is 0. The zero-order chi connectivity index (χ0) is 15.8. The molecule has 1 N–H and O–H groups in total. The van der Waals surface area contributed by atoms with Gasteiger partial charge >= 0.3 is 0 Å². The lowest BCUT2D eigenvalue weighted by atomic mass is 9.80. The molecule has 4 nitrogen and oxygen atoms in total. The number of hydrogen-bond acceptors (Lipinski definition) is 2. The van der Waals surface area contributed by atoms with Crippen molar-refractivity contribution in [2.75, 3.05) is 6.54 Å². The Morgan fingerprint density at radius 3 is 2.29 bits per heavy atom. The van der Waals surface area contributed by atoms with Gasteiger partial charge in [0.15, 0.2) is 0 Å². The third kappa shape index (κ3) is 2.95. The lowest BCUT2D eigenvalue weighted by Gasteiger charge is -2.47. The van der Waals surface area contributed by atoms with Crippen molar-refractivity contribution in [1.29, 1.82) is 0 Å². The summed E-state index contributed by atoms with van der Waals surface area (Å²) in [6.07, 6.45) is 5.94. The van der Waals surface area contributed by atoms with Crippen LogP contribution in [0, 0.1) is 11.3 Å². The average Bonchev–Trinajstić information content (AvgIpc) is 2.84. The smallest absolute Gasteiger partial charge is 0.248 e. The molecule has 1 aliphatic carbocycles. The second-order valence-corrected chi connectivity index (χ2v) is 7.80. The lowest BCUT2D eigenvalue weighted by Crippen LogP contribution is -2.70. The van der Waals surface area contributed by atoms with Gasteiger partial charge in [-0.05, 0) is 44.4 Å². The summed E-state index contributed by atoms with van der Waals surface area (Å²) >= 11 is 0. The molecule has 2 aliphatic rings. The number of rotatable bonds is 4. The van der Waals surface area contributed by atoms with Gasteiger partial charge in [0, 0.05) is 6.54 Å². The minimum atomic E-state index is -0.782. The minimum Gasteiger partial charge on any atom is -0.340 e. The summed E-state index contributed by atoms with van der Waals surface area (Å²) in [5.74, 6) is 0.208. The first-order valence-corrected chi connectivity index (χ1v) is 8.35. The lowest BCUT2D eigenvalue weighted by molar-refractivity contribution is -0.157. The van der Waals surface area contributed by atoms with E-state index in [9.17, 15) is 9.59 Å². The summed E-state index contributed by atoms with van der Waals surface area (Å²) in [5.41, 5.74) is -0.563. The molecule has 0 radical (unpaired) electrons. The zero-order valence-corrected chi connectivity index (χ0v) is 14.2. The van der Waals surface area contributed by atoms with Gasteiger partial charge in [-0.25, -0.2) is 0 Å². The highest BCUT2D eigenvalue weighted by atomic mass is 16.2. The Labute approximate surface area is 128 Å². The van der Waals surface area contributed by atoms with Crippen LogP contribution in [-0.2, 0) is 9.59 Å².